The maximum atomic E-state index is 11.0. The Morgan fingerprint density at radius 2 is 2.00 bits per heavy atom. The minimum atomic E-state index is -0.872. The second-order valence-corrected chi connectivity index (χ2v) is 2.81. The van der Waals surface area contributed by atoms with Gasteiger partial charge in [0.2, 0.25) is 0 Å². The van der Waals surface area contributed by atoms with Crippen LogP contribution in [0.5, 0.6) is 0 Å². The minimum Gasteiger partial charge on any atom is -0.462 e. The molecule has 0 fully saturated rings. The van der Waals surface area contributed by atoms with E-state index in [0.717, 1.165) is 0 Å². The van der Waals surface area contributed by atoms with Crippen LogP contribution in [0.4, 0.5) is 0 Å². The van der Waals surface area contributed by atoms with Gasteiger partial charge in [-0.05, 0) is 16.4 Å². The lowest BCUT2D eigenvalue weighted by Gasteiger charge is -2.06. The largest absolute Gasteiger partial charge is 0.462 e. The summed E-state index contributed by atoms with van der Waals surface area (Å²) in [4.78, 5) is 11.0. The molecule has 0 aliphatic carbocycles. The smallest absolute Gasteiger partial charge is 0.357 e. The third-order valence-electron chi connectivity index (χ3n) is 1.13. The Morgan fingerprint density at radius 3 is 2.50 bits per heavy atom. The molecule has 1 rings (SSSR count). The van der Waals surface area contributed by atoms with Gasteiger partial charge in [-0.2, -0.15) is 0 Å². The summed E-state index contributed by atoms with van der Waals surface area (Å²) in [7, 11) is 0. The highest BCUT2D eigenvalue weighted by molar-refractivity contribution is 5.75. The van der Waals surface area contributed by atoms with Crippen LogP contribution in [0.1, 0.15) is 13.8 Å². The fourth-order valence-electron chi connectivity index (χ4n) is 0.585. The topological polar surface area (TPSA) is 75.7 Å². The number of nitrogens with zero attached hydrogens (tertiary/aromatic N) is 4. The van der Waals surface area contributed by atoms with Gasteiger partial charge in [-0.1, -0.05) is 13.8 Å². The molecule has 0 amide bonds. The van der Waals surface area contributed by atoms with Crippen molar-refractivity contribution in [1.29, 1.82) is 0 Å². The highest BCUT2D eigenvalue weighted by Gasteiger charge is 2.21. The van der Waals surface area contributed by atoms with E-state index in [9.17, 15) is 4.79 Å². The SMILES string of the molecule is CC(C)COC(=O)C1N=NN=N1. The van der Waals surface area contributed by atoms with E-state index < -0.39 is 12.1 Å². The molecule has 66 valence electrons. The van der Waals surface area contributed by atoms with Crippen LogP contribution in [0.25, 0.3) is 0 Å². The van der Waals surface area contributed by atoms with Gasteiger partial charge in [0, 0.05) is 0 Å². The molecule has 0 atom stereocenters. The number of hydrogen-bond donors (Lipinski definition) is 0. The molecule has 0 saturated heterocycles. The second-order valence-electron chi connectivity index (χ2n) is 2.81. The molecule has 0 aromatic rings. The van der Waals surface area contributed by atoms with Crippen molar-refractivity contribution in [3.05, 3.63) is 0 Å². The molecule has 0 unspecified atom stereocenters. The van der Waals surface area contributed by atoms with Crippen LogP contribution in [-0.4, -0.2) is 18.7 Å². The number of ether oxygens (including phenoxy) is 1. The molecule has 0 radical (unpaired) electrons. The Balaban J connectivity index is 2.29. The van der Waals surface area contributed by atoms with E-state index >= 15 is 0 Å². The Hall–Kier alpha value is -1.33. The van der Waals surface area contributed by atoms with E-state index in [1.54, 1.807) is 0 Å². The van der Waals surface area contributed by atoms with E-state index in [0.29, 0.717) is 12.5 Å². The third kappa shape index (κ3) is 2.37. The molecule has 1 heterocycles. The normalized spacial score (nSPS) is 15.9. The van der Waals surface area contributed by atoms with Gasteiger partial charge in [-0.25, -0.2) is 4.79 Å². The molecular weight excluding hydrogens is 160 g/mol. The average Bonchev–Trinajstić information content (AvgIpc) is 2.51. The van der Waals surface area contributed by atoms with Crippen LogP contribution >= 0.6 is 0 Å². The molecule has 0 bridgehead atoms. The maximum absolute atomic E-state index is 11.0. The first kappa shape index (κ1) is 8.76. The third-order valence-corrected chi connectivity index (χ3v) is 1.13. The summed E-state index contributed by atoms with van der Waals surface area (Å²) in [5.74, 6) is -0.182. The first-order chi connectivity index (χ1) is 5.70. The Morgan fingerprint density at radius 1 is 1.42 bits per heavy atom. The van der Waals surface area contributed by atoms with E-state index in [2.05, 4.69) is 20.7 Å². The predicted molar refractivity (Wildman–Crippen MR) is 39.3 cm³/mol. The van der Waals surface area contributed by atoms with Gasteiger partial charge in [0.1, 0.15) is 0 Å². The van der Waals surface area contributed by atoms with Crippen molar-refractivity contribution in [2.75, 3.05) is 6.61 Å². The van der Waals surface area contributed by atoms with Crippen LogP contribution in [0.3, 0.4) is 0 Å². The van der Waals surface area contributed by atoms with Crippen LogP contribution in [0, 0.1) is 5.92 Å². The summed E-state index contributed by atoms with van der Waals surface area (Å²) >= 11 is 0. The predicted octanol–water partition coefficient (Wildman–Crippen LogP) is 1.34. The number of rotatable bonds is 3. The van der Waals surface area contributed by atoms with Crippen LogP contribution in [0.2, 0.25) is 0 Å². The van der Waals surface area contributed by atoms with Crippen molar-refractivity contribution in [2.45, 2.75) is 20.0 Å². The summed E-state index contributed by atoms with van der Waals surface area (Å²) in [6.07, 6.45) is -0.872. The molecule has 6 heteroatoms. The van der Waals surface area contributed by atoms with Crippen LogP contribution in [0.15, 0.2) is 20.7 Å². The fraction of sp³-hybridized carbons (Fsp3) is 0.833. The molecule has 6 nitrogen and oxygen atoms in total. The van der Waals surface area contributed by atoms with Gasteiger partial charge in [0.05, 0.1) is 6.61 Å². The van der Waals surface area contributed by atoms with E-state index in [-0.39, 0.29) is 0 Å². The first-order valence-electron chi connectivity index (χ1n) is 3.66. The van der Waals surface area contributed by atoms with Crippen LogP contribution in [-0.2, 0) is 9.53 Å². The Labute approximate surface area is 69.7 Å². The van der Waals surface area contributed by atoms with Gasteiger partial charge in [0.15, 0.2) is 0 Å². The van der Waals surface area contributed by atoms with Crippen molar-refractivity contribution >= 4 is 5.97 Å². The van der Waals surface area contributed by atoms with Crippen molar-refractivity contribution in [1.82, 2.24) is 0 Å². The molecule has 0 aromatic heterocycles. The van der Waals surface area contributed by atoms with Gasteiger partial charge >= 0.3 is 5.97 Å². The molecular formula is C6H10N4O2. The summed E-state index contributed by atoms with van der Waals surface area (Å²) < 4.78 is 4.84. The number of hydrogen-bond acceptors (Lipinski definition) is 6. The highest BCUT2D eigenvalue weighted by atomic mass is 16.5. The first-order valence-corrected chi connectivity index (χ1v) is 3.66. The van der Waals surface area contributed by atoms with E-state index in [1.165, 1.54) is 0 Å². The zero-order valence-electron chi connectivity index (χ0n) is 6.97. The zero-order chi connectivity index (χ0) is 8.97. The lowest BCUT2D eigenvalue weighted by atomic mass is 10.2. The quantitative estimate of drug-likeness (QED) is 0.599. The molecule has 1 aliphatic rings. The molecule has 0 aromatic carbocycles. The molecule has 0 spiro atoms. The monoisotopic (exact) mass is 170 g/mol. The van der Waals surface area contributed by atoms with E-state index in [4.69, 9.17) is 4.74 Å². The van der Waals surface area contributed by atoms with Crippen molar-refractivity contribution < 1.29 is 9.53 Å². The summed E-state index contributed by atoms with van der Waals surface area (Å²) in [6, 6.07) is 0. The lowest BCUT2D eigenvalue weighted by Crippen LogP contribution is -2.19. The Kier molecular flexibility index (Phi) is 2.84. The molecule has 12 heavy (non-hydrogen) atoms. The molecule has 0 N–H and O–H groups in total. The van der Waals surface area contributed by atoms with Crippen LogP contribution < -0.4 is 0 Å². The Bertz CT molecular complexity index is 212. The van der Waals surface area contributed by atoms with Crippen molar-refractivity contribution in [3.8, 4) is 0 Å². The maximum Gasteiger partial charge on any atom is 0.357 e. The standard InChI is InChI=1S/C6H10N4O2/c1-4(2)3-12-6(11)5-7-9-10-8-5/h4-5H,3H2,1-2H3. The lowest BCUT2D eigenvalue weighted by molar-refractivity contribution is -0.146. The minimum absolute atomic E-state index is 0.309. The van der Waals surface area contributed by atoms with E-state index in [1.807, 2.05) is 13.8 Å². The number of carbonyl (C=O) groups excluding carboxylic acids is 1. The zero-order valence-corrected chi connectivity index (χ0v) is 6.97. The van der Waals surface area contributed by atoms with Gasteiger partial charge in [0.25, 0.3) is 6.17 Å². The molecule has 1 aliphatic heterocycles. The second kappa shape index (κ2) is 3.89. The number of carbonyl (C=O) groups is 1. The number of esters is 1. The van der Waals surface area contributed by atoms with Gasteiger partial charge in [-0.3, -0.25) is 0 Å². The van der Waals surface area contributed by atoms with Crippen molar-refractivity contribution in [2.24, 2.45) is 26.6 Å². The fourth-order valence-corrected chi connectivity index (χ4v) is 0.585. The average molecular weight is 170 g/mol. The van der Waals surface area contributed by atoms with Crippen molar-refractivity contribution in [3.63, 3.8) is 0 Å². The summed E-state index contributed by atoms with van der Waals surface area (Å²) in [6.45, 7) is 4.27. The van der Waals surface area contributed by atoms with Gasteiger partial charge < -0.3 is 4.74 Å². The summed E-state index contributed by atoms with van der Waals surface area (Å²) in [5, 5.41) is 13.3. The summed E-state index contributed by atoms with van der Waals surface area (Å²) in [5.41, 5.74) is 0. The van der Waals surface area contributed by atoms with Gasteiger partial charge in [-0.15, -0.1) is 10.2 Å². The molecule has 0 saturated carbocycles. The highest BCUT2D eigenvalue weighted by Crippen LogP contribution is 2.07.